The van der Waals surface area contributed by atoms with E-state index in [2.05, 4.69) is 10.3 Å². The molecule has 13 nitrogen and oxygen atoms in total. The van der Waals surface area contributed by atoms with Gasteiger partial charge in [-0.15, -0.1) is 5.10 Å². The van der Waals surface area contributed by atoms with Crippen LogP contribution in [0.3, 0.4) is 0 Å². The molecular formula is C18H24N4O9. The number of rotatable bonds is 6. The second kappa shape index (κ2) is 9.29. The molecule has 0 spiro atoms. The molecule has 1 aromatic heterocycles. The summed E-state index contributed by atoms with van der Waals surface area (Å²) in [6.07, 6.45) is -4.00. The molecule has 2 fully saturated rings. The Hall–Kier alpha value is -3.22. The second-order valence-electron chi connectivity index (χ2n) is 7.18. The first kappa shape index (κ1) is 22.5. The fraction of sp³-hybridized carbons (Fsp3) is 0.667. The average molecular weight is 440 g/mol. The first-order valence-electron chi connectivity index (χ1n) is 9.65. The van der Waals surface area contributed by atoms with E-state index in [1.54, 1.807) is 6.92 Å². The van der Waals surface area contributed by atoms with E-state index in [0.29, 0.717) is 18.8 Å². The molecule has 2 aliphatic heterocycles. The van der Waals surface area contributed by atoms with Crippen molar-refractivity contribution in [2.24, 2.45) is 0 Å². The Bertz CT molecular complexity index is 857. The summed E-state index contributed by atoms with van der Waals surface area (Å²) >= 11 is 0. The molecule has 1 amide bonds. The molecule has 0 aromatic carbocycles. The Kier molecular flexibility index (Phi) is 6.73. The number of hydrogen-bond acceptors (Lipinski definition) is 11. The van der Waals surface area contributed by atoms with Gasteiger partial charge in [-0.25, -0.2) is 9.48 Å². The van der Waals surface area contributed by atoms with Crippen LogP contribution in [0.25, 0.3) is 0 Å². The average Bonchev–Trinajstić information content (AvgIpc) is 3.29. The van der Waals surface area contributed by atoms with E-state index in [1.165, 1.54) is 36.5 Å². The van der Waals surface area contributed by atoms with Gasteiger partial charge in [0.2, 0.25) is 0 Å². The van der Waals surface area contributed by atoms with E-state index in [1.807, 2.05) is 0 Å². The van der Waals surface area contributed by atoms with Crippen LogP contribution >= 0.6 is 0 Å². The molecule has 31 heavy (non-hydrogen) atoms. The van der Waals surface area contributed by atoms with Crippen molar-refractivity contribution in [1.29, 1.82) is 0 Å². The van der Waals surface area contributed by atoms with Gasteiger partial charge in [-0.1, -0.05) is 5.21 Å². The number of cyclic esters (lactones) is 1. The molecule has 0 aliphatic carbocycles. The van der Waals surface area contributed by atoms with Gasteiger partial charge in [-0.2, -0.15) is 0 Å². The summed E-state index contributed by atoms with van der Waals surface area (Å²) < 4.78 is 28.2. The maximum Gasteiger partial charge on any atom is 0.410 e. The van der Waals surface area contributed by atoms with Crippen molar-refractivity contribution < 1.29 is 42.9 Å². The third-order valence-electron chi connectivity index (χ3n) is 4.67. The molecule has 0 saturated carbocycles. The van der Waals surface area contributed by atoms with Gasteiger partial charge in [0.05, 0.1) is 25.4 Å². The Balaban J connectivity index is 1.88. The Morgan fingerprint density at radius 2 is 1.68 bits per heavy atom. The van der Waals surface area contributed by atoms with Crippen LogP contribution in [-0.4, -0.2) is 81.5 Å². The molecule has 1 aromatic rings. The van der Waals surface area contributed by atoms with Gasteiger partial charge < -0.3 is 23.7 Å². The van der Waals surface area contributed by atoms with Crippen LogP contribution in [-0.2, 0) is 44.6 Å². The van der Waals surface area contributed by atoms with Crippen molar-refractivity contribution in [3.05, 3.63) is 11.9 Å². The maximum absolute atomic E-state index is 11.8. The predicted octanol–water partition coefficient (Wildman–Crippen LogP) is -0.0573. The first-order chi connectivity index (χ1) is 14.7. The van der Waals surface area contributed by atoms with Crippen LogP contribution in [0.2, 0.25) is 0 Å². The fourth-order valence-corrected chi connectivity index (χ4v) is 3.48. The SMILES string of the molecule is CC(=O)O[C@@H]1[C@@H](OC(C)=O)[C@H](C)O[C@@H](n2cc(CN3CCOC3=O)nn2)[C@@H]1OC(C)=O. The molecule has 3 heterocycles. The smallest absolute Gasteiger partial charge is 0.410 e. The molecule has 0 N–H and O–H groups in total. The van der Waals surface area contributed by atoms with Crippen molar-refractivity contribution in [2.75, 3.05) is 13.2 Å². The monoisotopic (exact) mass is 440 g/mol. The molecule has 2 saturated heterocycles. The number of carbonyl (C=O) groups is 4. The van der Waals surface area contributed by atoms with Gasteiger partial charge in [0.1, 0.15) is 12.3 Å². The maximum atomic E-state index is 11.8. The minimum Gasteiger partial charge on any atom is -0.456 e. The summed E-state index contributed by atoms with van der Waals surface area (Å²) in [5.41, 5.74) is 0.447. The zero-order chi connectivity index (χ0) is 22.7. The highest BCUT2D eigenvalue weighted by molar-refractivity contribution is 5.69. The van der Waals surface area contributed by atoms with Gasteiger partial charge >= 0.3 is 24.0 Å². The van der Waals surface area contributed by atoms with Gasteiger partial charge in [-0.05, 0) is 6.92 Å². The summed E-state index contributed by atoms with van der Waals surface area (Å²) in [7, 11) is 0. The van der Waals surface area contributed by atoms with Crippen LogP contribution in [0.1, 0.15) is 39.6 Å². The third kappa shape index (κ3) is 5.29. The van der Waals surface area contributed by atoms with Crippen molar-refractivity contribution in [2.45, 2.75) is 64.9 Å². The van der Waals surface area contributed by atoms with E-state index >= 15 is 0 Å². The molecule has 2 aliphatic rings. The number of hydrogen-bond donors (Lipinski definition) is 0. The molecule has 170 valence electrons. The van der Waals surface area contributed by atoms with Crippen molar-refractivity contribution in [3.8, 4) is 0 Å². The van der Waals surface area contributed by atoms with Crippen molar-refractivity contribution in [1.82, 2.24) is 19.9 Å². The summed E-state index contributed by atoms with van der Waals surface area (Å²) in [5, 5.41) is 8.05. The van der Waals surface area contributed by atoms with Crippen molar-refractivity contribution >= 4 is 24.0 Å². The summed E-state index contributed by atoms with van der Waals surface area (Å²) in [6, 6.07) is 0. The molecule has 0 bridgehead atoms. The van der Waals surface area contributed by atoms with E-state index in [4.69, 9.17) is 23.7 Å². The van der Waals surface area contributed by atoms with E-state index in [-0.39, 0.29) is 6.54 Å². The van der Waals surface area contributed by atoms with Crippen LogP contribution in [0.4, 0.5) is 4.79 Å². The number of amides is 1. The lowest BCUT2D eigenvalue weighted by atomic mass is 9.98. The van der Waals surface area contributed by atoms with E-state index < -0.39 is 54.6 Å². The number of nitrogens with zero attached hydrogens (tertiary/aromatic N) is 4. The molecule has 0 radical (unpaired) electrons. The topological polar surface area (TPSA) is 148 Å². The largest absolute Gasteiger partial charge is 0.456 e. The highest BCUT2D eigenvalue weighted by atomic mass is 16.7. The van der Waals surface area contributed by atoms with Gasteiger partial charge in [0.25, 0.3) is 0 Å². The number of esters is 3. The van der Waals surface area contributed by atoms with E-state index in [0.717, 1.165) is 0 Å². The lowest BCUT2D eigenvalue weighted by Gasteiger charge is -2.43. The number of aromatic nitrogens is 3. The zero-order valence-electron chi connectivity index (χ0n) is 17.5. The molecule has 13 heteroatoms. The van der Waals surface area contributed by atoms with E-state index in [9.17, 15) is 19.2 Å². The Morgan fingerprint density at radius 3 is 2.26 bits per heavy atom. The van der Waals surface area contributed by atoms with Gasteiger partial charge in [0.15, 0.2) is 24.5 Å². The van der Waals surface area contributed by atoms with Gasteiger partial charge in [-0.3, -0.25) is 19.3 Å². The van der Waals surface area contributed by atoms with Crippen LogP contribution < -0.4 is 0 Å². The second-order valence-corrected chi connectivity index (χ2v) is 7.18. The predicted molar refractivity (Wildman–Crippen MR) is 98.0 cm³/mol. The summed E-state index contributed by atoms with van der Waals surface area (Å²) in [4.78, 5) is 48.2. The van der Waals surface area contributed by atoms with Crippen LogP contribution in [0.15, 0.2) is 6.20 Å². The highest BCUT2D eigenvalue weighted by Crippen LogP contribution is 2.34. The highest BCUT2D eigenvalue weighted by Gasteiger charge is 2.51. The zero-order valence-corrected chi connectivity index (χ0v) is 17.5. The fourth-order valence-electron chi connectivity index (χ4n) is 3.48. The number of carbonyl (C=O) groups excluding carboxylic acids is 4. The Morgan fingerprint density at radius 1 is 1.06 bits per heavy atom. The molecule has 3 rings (SSSR count). The standard InChI is InChI=1S/C18H24N4O9/c1-9-14(29-10(2)23)15(30-11(3)24)16(31-12(4)25)17(28-9)22-8-13(19-20-22)7-21-5-6-27-18(21)26/h8-9,14-17H,5-7H2,1-4H3/t9-,14-,15+,16+,17+/m0/s1. The Labute approximate surface area is 177 Å². The lowest BCUT2D eigenvalue weighted by Crippen LogP contribution is -2.58. The molecule has 5 atom stereocenters. The third-order valence-corrected chi connectivity index (χ3v) is 4.67. The van der Waals surface area contributed by atoms with Crippen LogP contribution in [0, 0.1) is 0 Å². The number of ether oxygens (including phenoxy) is 5. The normalized spacial score (nSPS) is 28.1. The minimum absolute atomic E-state index is 0.169. The first-order valence-corrected chi connectivity index (χ1v) is 9.65. The lowest BCUT2D eigenvalue weighted by molar-refractivity contribution is -0.261. The van der Waals surface area contributed by atoms with Crippen LogP contribution in [0.5, 0.6) is 0 Å². The minimum atomic E-state index is -1.17. The summed E-state index contributed by atoms with van der Waals surface area (Å²) in [5.74, 6) is -1.93. The molecule has 0 unspecified atom stereocenters. The van der Waals surface area contributed by atoms with Crippen molar-refractivity contribution in [3.63, 3.8) is 0 Å². The summed E-state index contributed by atoms with van der Waals surface area (Å²) in [6.45, 7) is 6.10. The molecular weight excluding hydrogens is 416 g/mol. The van der Waals surface area contributed by atoms with Gasteiger partial charge in [0, 0.05) is 20.8 Å². The quantitative estimate of drug-likeness (QED) is 0.433.